The summed E-state index contributed by atoms with van der Waals surface area (Å²) in [6.07, 6.45) is 5.08. The minimum absolute atomic E-state index is 0.183. The minimum Gasteiger partial charge on any atom is -0.378 e. The molecule has 6 nitrogen and oxygen atoms in total. The van der Waals surface area contributed by atoms with Crippen molar-refractivity contribution in [3.63, 3.8) is 0 Å². The zero-order chi connectivity index (χ0) is 17.2. The quantitative estimate of drug-likeness (QED) is 0.852. The Morgan fingerprint density at radius 3 is 2.80 bits per heavy atom. The third-order valence-electron chi connectivity index (χ3n) is 5.38. The summed E-state index contributed by atoms with van der Waals surface area (Å²) in [5.41, 5.74) is 1.64. The number of tetrazole rings is 1. The third-order valence-corrected chi connectivity index (χ3v) is 5.38. The monoisotopic (exact) mass is 345 g/mol. The highest BCUT2D eigenvalue weighted by Crippen LogP contribution is 2.30. The number of ether oxygens (including phenoxy) is 1. The fourth-order valence-corrected chi connectivity index (χ4v) is 3.95. The Balaban J connectivity index is 1.42. The average Bonchev–Trinajstić information content (AvgIpc) is 3.30. The molecule has 1 atom stereocenters. The van der Waals surface area contributed by atoms with Gasteiger partial charge in [0.15, 0.2) is 0 Å². The molecule has 3 heterocycles. The lowest BCUT2D eigenvalue weighted by Gasteiger charge is -2.34. The summed E-state index contributed by atoms with van der Waals surface area (Å²) in [4.78, 5) is 2.25. The van der Waals surface area contributed by atoms with Crippen molar-refractivity contribution in [3.8, 4) is 0 Å². The van der Waals surface area contributed by atoms with E-state index in [-0.39, 0.29) is 5.82 Å². The van der Waals surface area contributed by atoms with Crippen LogP contribution in [0, 0.1) is 18.7 Å². The van der Waals surface area contributed by atoms with Crippen molar-refractivity contribution in [2.24, 2.45) is 5.92 Å². The summed E-state index contributed by atoms with van der Waals surface area (Å²) < 4.78 is 21.1. The van der Waals surface area contributed by atoms with Gasteiger partial charge < -0.3 is 9.64 Å². The van der Waals surface area contributed by atoms with Gasteiger partial charge in [0, 0.05) is 19.7 Å². The van der Waals surface area contributed by atoms with E-state index in [1.54, 1.807) is 17.7 Å². The second kappa shape index (κ2) is 7.07. The molecule has 2 aromatic rings. The SMILES string of the molecule is Cc1cc(Cn2nnnc2N2CCC(C3CCCO3)CC2)ccc1F. The zero-order valence-corrected chi connectivity index (χ0v) is 14.6. The maximum absolute atomic E-state index is 13.4. The molecule has 0 radical (unpaired) electrons. The highest BCUT2D eigenvalue weighted by atomic mass is 19.1. The predicted octanol–water partition coefficient (Wildman–Crippen LogP) is 2.56. The summed E-state index contributed by atoms with van der Waals surface area (Å²) >= 11 is 0. The fourth-order valence-electron chi connectivity index (χ4n) is 3.95. The van der Waals surface area contributed by atoms with Crippen LogP contribution in [0.3, 0.4) is 0 Å². The third kappa shape index (κ3) is 3.51. The molecule has 0 bridgehead atoms. The predicted molar refractivity (Wildman–Crippen MR) is 92.0 cm³/mol. The second-order valence-electron chi connectivity index (χ2n) is 7.10. The Bertz CT molecular complexity index is 720. The largest absolute Gasteiger partial charge is 0.378 e. The van der Waals surface area contributed by atoms with Gasteiger partial charge in [-0.05, 0) is 66.1 Å². The lowest BCUT2D eigenvalue weighted by Crippen LogP contribution is -2.39. The van der Waals surface area contributed by atoms with Crippen LogP contribution in [0.1, 0.15) is 36.8 Å². The first kappa shape index (κ1) is 16.4. The molecule has 7 heteroatoms. The summed E-state index contributed by atoms with van der Waals surface area (Å²) in [5.74, 6) is 1.27. The van der Waals surface area contributed by atoms with Gasteiger partial charge in [-0.3, -0.25) is 0 Å². The molecule has 1 aromatic heterocycles. The molecule has 0 aliphatic carbocycles. The standard InChI is InChI=1S/C18H24FN5O/c1-13-11-14(4-5-16(13)19)12-24-18(20-21-22-24)23-8-6-15(7-9-23)17-3-2-10-25-17/h4-5,11,15,17H,2-3,6-10,12H2,1H3. The first-order valence-electron chi connectivity index (χ1n) is 9.08. The van der Waals surface area contributed by atoms with Gasteiger partial charge in [-0.2, -0.15) is 0 Å². The lowest BCUT2D eigenvalue weighted by molar-refractivity contribution is 0.0530. The highest BCUT2D eigenvalue weighted by Gasteiger charge is 2.30. The summed E-state index contributed by atoms with van der Waals surface area (Å²) in [6, 6.07) is 5.14. The van der Waals surface area contributed by atoms with E-state index in [0.29, 0.717) is 24.1 Å². The van der Waals surface area contributed by atoms with Crippen LogP contribution in [0.25, 0.3) is 0 Å². The molecule has 2 aliphatic heterocycles. The lowest BCUT2D eigenvalue weighted by atomic mass is 9.90. The number of hydrogen-bond acceptors (Lipinski definition) is 5. The molecule has 1 aromatic carbocycles. The van der Waals surface area contributed by atoms with Gasteiger partial charge >= 0.3 is 0 Å². The van der Waals surface area contributed by atoms with Crippen LogP contribution in [0.5, 0.6) is 0 Å². The minimum atomic E-state index is -0.183. The van der Waals surface area contributed by atoms with E-state index in [1.165, 1.54) is 18.9 Å². The molecule has 0 saturated carbocycles. The number of hydrogen-bond donors (Lipinski definition) is 0. The normalized spacial score (nSPS) is 21.8. The Hall–Kier alpha value is -2.02. The number of nitrogens with zero attached hydrogens (tertiary/aromatic N) is 5. The number of aryl methyl sites for hydroxylation is 1. The van der Waals surface area contributed by atoms with Gasteiger partial charge in [-0.1, -0.05) is 17.2 Å². The first-order valence-corrected chi connectivity index (χ1v) is 9.08. The summed E-state index contributed by atoms with van der Waals surface area (Å²) in [7, 11) is 0. The molecule has 2 aliphatic rings. The van der Waals surface area contributed by atoms with E-state index in [2.05, 4.69) is 20.4 Å². The van der Waals surface area contributed by atoms with Crippen molar-refractivity contribution < 1.29 is 9.13 Å². The Morgan fingerprint density at radius 2 is 2.08 bits per heavy atom. The molecule has 0 spiro atoms. The highest BCUT2D eigenvalue weighted by molar-refractivity contribution is 5.31. The van der Waals surface area contributed by atoms with E-state index in [4.69, 9.17) is 4.74 Å². The molecule has 2 saturated heterocycles. The maximum Gasteiger partial charge on any atom is 0.245 e. The topological polar surface area (TPSA) is 56.1 Å². The molecule has 4 rings (SSSR count). The van der Waals surface area contributed by atoms with Crippen molar-refractivity contribution >= 4 is 5.95 Å². The number of benzene rings is 1. The molecule has 25 heavy (non-hydrogen) atoms. The number of piperidine rings is 1. The van der Waals surface area contributed by atoms with E-state index in [9.17, 15) is 4.39 Å². The Kier molecular flexibility index (Phi) is 4.65. The van der Waals surface area contributed by atoms with Crippen LogP contribution in [-0.4, -0.2) is 46.0 Å². The number of halogens is 1. The Labute approximate surface area is 147 Å². The fraction of sp³-hybridized carbons (Fsp3) is 0.611. The van der Waals surface area contributed by atoms with Crippen molar-refractivity contribution in [3.05, 3.63) is 35.1 Å². The molecule has 0 N–H and O–H groups in total. The molecule has 134 valence electrons. The van der Waals surface area contributed by atoms with Crippen LogP contribution in [0.2, 0.25) is 0 Å². The van der Waals surface area contributed by atoms with Crippen LogP contribution >= 0.6 is 0 Å². The van der Waals surface area contributed by atoms with Gasteiger partial charge in [-0.15, -0.1) is 0 Å². The molecular formula is C18H24FN5O. The van der Waals surface area contributed by atoms with E-state index >= 15 is 0 Å². The first-order chi connectivity index (χ1) is 12.2. The summed E-state index contributed by atoms with van der Waals surface area (Å²) in [5, 5.41) is 12.2. The van der Waals surface area contributed by atoms with Gasteiger partial charge in [0.1, 0.15) is 5.82 Å². The van der Waals surface area contributed by atoms with E-state index in [1.807, 2.05) is 6.07 Å². The average molecular weight is 345 g/mol. The van der Waals surface area contributed by atoms with Crippen molar-refractivity contribution in [1.29, 1.82) is 0 Å². The Morgan fingerprint density at radius 1 is 1.24 bits per heavy atom. The number of aromatic nitrogens is 4. The number of anilines is 1. The molecule has 2 fully saturated rings. The van der Waals surface area contributed by atoms with E-state index < -0.39 is 0 Å². The van der Waals surface area contributed by atoms with Gasteiger partial charge in [-0.25, -0.2) is 9.07 Å². The van der Waals surface area contributed by atoms with Crippen LogP contribution in [0.15, 0.2) is 18.2 Å². The zero-order valence-electron chi connectivity index (χ0n) is 14.6. The van der Waals surface area contributed by atoms with Crippen LogP contribution in [-0.2, 0) is 11.3 Å². The van der Waals surface area contributed by atoms with Crippen LogP contribution < -0.4 is 4.90 Å². The van der Waals surface area contributed by atoms with Crippen LogP contribution in [0.4, 0.5) is 10.3 Å². The second-order valence-corrected chi connectivity index (χ2v) is 7.10. The number of rotatable bonds is 4. The maximum atomic E-state index is 13.4. The van der Waals surface area contributed by atoms with Crippen molar-refractivity contribution in [1.82, 2.24) is 20.2 Å². The van der Waals surface area contributed by atoms with E-state index in [0.717, 1.165) is 44.0 Å². The van der Waals surface area contributed by atoms with Crippen molar-refractivity contribution in [2.45, 2.75) is 45.3 Å². The smallest absolute Gasteiger partial charge is 0.245 e. The summed E-state index contributed by atoms with van der Waals surface area (Å²) in [6.45, 7) is 5.14. The molecular weight excluding hydrogens is 321 g/mol. The molecule has 1 unspecified atom stereocenters. The molecule has 0 amide bonds. The van der Waals surface area contributed by atoms with Gasteiger partial charge in [0.25, 0.3) is 0 Å². The van der Waals surface area contributed by atoms with Gasteiger partial charge in [0.2, 0.25) is 5.95 Å². The van der Waals surface area contributed by atoms with Gasteiger partial charge in [0.05, 0.1) is 12.6 Å². The van der Waals surface area contributed by atoms with Crippen molar-refractivity contribution in [2.75, 3.05) is 24.6 Å².